The zero-order chi connectivity index (χ0) is 14.0. The lowest BCUT2D eigenvalue weighted by Crippen LogP contribution is -2.43. The Kier molecular flexibility index (Phi) is 4.50. The van der Waals surface area contributed by atoms with Crippen LogP contribution in [0.4, 0.5) is 0 Å². The van der Waals surface area contributed by atoms with Gasteiger partial charge in [-0.05, 0) is 37.0 Å². The lowest BCUT2D eigenvalue weighted by molar-refractivity contribution is 0.454. The van der Waals surface area contributed by atoms with Crippen molar-refractivity contribution < 1.29 is 8.42 Å². The zero-order valence-electron chi connectivity index (χ0n) is 10.9. The molecule has 0 radical (unpaired) electrons. The van der Waals surface area contributed by atoms with E-state index in [0.29, 0.717) is 11.4 Å². The van der Waals surface area contributed by atoms with Crippen LogP contribution in [0.3, 0.4) is 0 Å². The van der Waals surface area contributed by atoms with Crippen LogP contribution >= 0.6 is 11.6 Å². The highest BCUT2D eigenvalue weighted by Gasteiger charge is 2.36. The highest BCUT2D eigenvalue weighted by Crippen LogP contribution is 2.31. The fraction of sp³-hybridized carbons (Fsp3) is 0.538. The summed E-state index contributed by atoms with van der Waals surface area (Å²) in [5, 5.41) is 0.163. The normalized spacial score (nSPS) is 24.1. The number of aryl methyl sites for hydroxylation is 1. The molecule has 1 saturated heterocycles. The molecule has 4 nitrogen and oxygen atoms in total. The first-order valence-corrected chi connectivity index (χ1v) is 8.49. The van der Waals surface area contributed by atoms with Gasteiger partial charge in [-0.15, -0.1) is 0 Å². The fourth-order valence-corrected chi connectivity index (χ4v) is 4.85. The van der Waals surface area contributed by atoms with Gasteiger partial charge in [0.05, 0.1) is 17.0 Å². The molecule has 1 aliphatic rings. The van der Waals surface area contributed by atoms with Crippen LogP contribution in [-0.4, -0.2) is 19.4 Å². The van der Waals surface area contributed by atoms with E-state index in [9.17, 15) is 8.42 Å². The third-order valence-corrected chi connectivity index (χ3v) is 6.43. The van der Waals surface area contributed by atoms with Crippen molar-refractivity contribution in [1.29, 1.82) is 0 Å². The monoisotopic (exact) mass is 302 g/mol. The number of nitrogens with two attached hydrogens (primary N) is 1. The Morgan fingerprint density at radius 3 is 2.74 bits per heavy atom. The Morgan fingerprint density at radius 1 is 1.42 bits per heavy atom. The molecule has 0 aromatic heterocycles. The van der Waals surface area contributed by atoms with Crippen molar-refractivity contribution in [1.82, 2.24) is 5.43 Å². The SMILES string of the molecule is Cc1ccc(C(NN)C2CCCCS2(=O)=O)cc1Cl. The van der Waals surface area contributed by atoms with Gasteiger partial charge in [0.2, 0.25) is 0 Å². The van der Waals surface area contributed by atoms with Gasteiger partial charge in [-0.2, -0.15) is 0 Å². The Labute approximate surface area is 119 Å². The molecule has 2 rings (SSSR count). The number of hydrazine groups is 1. The predicted octanol–water partition coefficient (Wildman–Crippen LogP) is 2.12. The number of hydrogen-bond acceptors (Lipinski definition) is 4. The fourth-order valence-electron chi connectivity index (χ4n) is 2.57. The van der Waals surface area contributed by atoms with E-state index >= 15 is 0 Å². The van der Waals surface area contributed by atoms with Crippen molar-refractivity contribution in [2.75, 3.05) is 5.75 Å². The molecule has 0 bridgehead atoms. The molecule has 1 aromatic rings. The van der Waals surface area contributed by atoms with E-state index in [1.165, 1.54) is 0 Å². The third kappa shape index (κ3) is 3.11. The van der Waals surface area contributed by atoms with Crippen LogP contribution < -0.4 is 11.3 Å². The zero-order valence-corrected chi connectivity index (χ0v) is 12.5. The second kappa shape index (κ2) is 5.79. The van der Waals surface area contributed by atoms with Crippen LogP contribution in [-0.2, 0) is 9.84 Å². The van der Waals surface area contributed by atoms with Gasteiger partial charge in [-0.1, -0.05) is 30.2 Å². The first kappa shape index (κ1) is 14.8. The minimum atomic E-state index is -3.09. The molecule has 0 spiro atoms. The van der Waals surface area contributed by atoms with E-state index < -0.39 is 21.1 Å². The lowest BCUT2D eigenvalue weighted by Gasteiger charge is -2.30. The molecule has 0 amide bonds. The van der Waals surface area contributed by atoms with E-state index in [1.807, 2.05) is 19.1 Å². The maximum absolute atomic E-state index is 12.2. The van der Waals surface area contributed by atoms with Crippen LogP contribution in [0.15, 0.2) is 18.2 Å². The van der Waals surface area contributed by atoms with Crippen LogP contribution in [0.1, 0.15) is 36.4 Å². The van der Waals surface area contributed by atoms with E-state index in [-0.39, 0.29) is 5.75 Å². The van der Waals surface area contributed by atoms with Gasteiger partial charge in [0.25, 0.3) is 0 Å². The first-order chi connectivity index (χ1) is 8.95. The quantitative estimate of drug-likeness (QED) is 0.663. The van der Waals surface area contributed by atoms with Gasteiger partial charge in [-0.3, -0.25) is 11.3 Å². The number of halogens is 1. The molecule has 3 N–H and O–H groups in total. The molecular weight excluding hydrogens is 284 g/mol. The van der Waals surface area contributed by atoms with Crippen molar-refractivity contribution in [3.63, 3.8) is 0 Å². The minimum absolute atomic E-state index is 0.245. The van der Waals surface area contributed by atoms with Crippen molar-refractivity contribution >= 4 is 21.4 Å². The van der Waals surface area contributed by atoms with E-state index in [2.05, 4.69) is 5.43 Å². The number of hydrogen-bond donors (Lipinski definition) is 2. The molecular formula is C13H19ClN2O2S. The van der Waals surface area contributed by atoms with Gasteiger partial charge in [0, 0.05) is 5.02 Å². The number of nitrogens with one attached hydrogen (secondary N) is 1. The Morgan fingerprint density at radius 2 is 2.16 bits per heavy atom. The molecule has 19 heavy (non-hydrogen) atoms. The van der Waals surface area contributed by atoms with Crippen LogP contribution in [0.2, 0.25) is 5.02 Å². The first-order valence-electron chi connectivity index (χ1n) is 6.39. The highest BCUT2D eigenvalue weighted by atomic mass is 35.5. The van der Waals surface area contributed by atoms with Gasteiger partial charge >= 0.3 is 0 Å². The van der Waals surface area contributed by atoms with Crippen molar-refractivity contribution in [2.24, 2.45) is 5.84 Å². The average molecular weight is 303 g/mol. The summed E-state index contributed by atoms with van der Waals surface area (Å²) in [4.78, 5) is 0. The summed E-state index contributed by atoms with van der Waals surface area (Å²) in [6, 6.07) is 5.17. The van der Waals surface area contributed by atoms with Gasteiger partial charge in [0.1, 0.15) is 0 Å². The molecule has 1 fully saturated rings. The molecule has 0 saturated carbocycles. The summed E-state index contributed by atoms with van der Waals surface area (Å²) in [7, 11) is -3.09. The maximum atomic E-state index is 12.2. The summed E-state index contributed by atoms with van der Waals surface area (Å²) >= 11 is 6.11. The smallest absolute Gasteiger partial charge is 0.155 e. The Hall–Kier alpha value is -0.620. The standard InChI is InChI=1S/C13H19ClN2O2S/c1-9-5-6-10(8-11(9)14)13(16-15)12-4-2-3-7-19(12,17)18/h5-6,8,12-13,16H,2-4,7,15H2,1H3. The average Bonchev–Trinajstić information content (AvgIpc) is 2.36. The van der Waals surface area contributed by atoms with Gasteiger partial charge < -0.3 is 0 Å². The molecule has 2 unspecified atom stereocenters. The molecule has 1 heterocycles. The molecule has 1 aliphatic heterocycles. The number of sulfone groups is 1. The topological polar surface area (TPSA) is 72.2 Å². The van der Waals surface area contributed by atoms with Crippen LogP contribution in [0.25, 0.3) is 0 Å². The minimum Gasteiger partial charge on any atom is -0.271 e. The summed E-state index contributed by atoms with van der Waals surface area (Å²) in [6.07, 6.45) is 2.30. The summed E-state index contributed by atoms with van der Waals surface area (Å²) in [5.74, 6) is 5.83. The van der Waals surface area contributed by atoms with Crippen molar-refractivity contribution in [2.45, 2.75) is 37.5 Å². The highest BCUT2D eigenvalue weighted by molar-refractivity contribution is 7.92. The number of benzene rings is 1. The summed E-state index contributed by atoms with van der Waals surface area (Å²) in [5.41, 5.74) is 4.45. The Balaban J connectivity index is 2.36. The summed E-state index contributed by atoms with van der Waals surface area (Å²) in [6.45, 7) is 1.91. The Bertz CT molecular complexity index is 560. The van der Waals surface area contributed by atoms with E-state index in [1.54, 1.807) is 6.07 Å². The van der Waals surface area contributed by atoms with Gasteiger partial charge in [-0.25, -0.2) is 8.42 Å². The number of rotatable bonds is 3. The predicted molar refractivity (Wildman–Crippen MR) is 77.7 cm³/mol. The molecule has 1 aromatic carbocycles. The molecule has 106 valence electrons. The van der Waals surface area contributed by atoms with E-state index in [4.69, 9.17) is 17.4 Å². The summed E-state index contributed by atoms with van der Waals surface area (Å²) < 4.78 is 24.4. The second-order valence-electron chi connectivity index (χ2n) is 5.05. The molecule has 6 heteroatoms. The third-order valence-electron chi connectivity index (χ3n) is 3.74. The molecule has 0 aliphatic carbocycles. The van der Waals surface area contributed by atoms with Crippen LogP contribution in [0.5, 0.6) is 0 Å². The van der Waals surface area contributed by atoms with Crippen LogP contribution in [0, 0.1) is 6.92 Å². The van der Waals surface area contributed by atoms with Crippen molar-refractivity contribution in [3.05, 3.63) is 34.3 Å². The maximum Gasteiger partial charge on any atom is 0.155 e. The van der Waals surface area contributed by atoms with E-state index in [0.717, 1.165) is 24.0 Å². The van der Waals surface area contributed by atoms with Gasteiger partial charge in [0.15, 0.2) is 9.84 Å². The lowest BCUT2D eigenvalue weighted by atomic mass is 9.99. The molecule has 2 atom stereocenters. The second-order valence-corrected chi connectivity index (χ2v) is 7.80. The largest absolute Gasteiger partial charge is 0.271 e. The van der Waals surface area contributed by atoms with Crippen molar-refractivity contribution in [3.8, 4) is 0 Å².